The number of carboxylic acids is 2. The minimum absolute atomic E-state index is 0.0199. The Morgan fingerprint density at radius 1 is 1.42 bits per heavy atom. The number of nitrogens with two attached hydrogens (primary N) is 1. The predicted octanol–water partition coefficient (Wildman–Crippen LogP) is -1.24. The zero-order chi connectivity index (χ0) is 18.2. The van der Waals surface area contributed by atoms with Crippen molar-refractivity contribution in [2.45, 2.75) is 42.1 Å². The maximum absolute atomic E-state index is 12.2. The second kappa shape index (κ2) is 6.81. The highest BCUT2D eigenvalue weighted by atomic mass is 32.2. The summed E-state index contributed by atoms with van der Waals surface area (Å²) in [6, 6.07) is -2.72. The van der Waals surface area contributed by atoms with Gasteiger partial charge in [-0.1, -0.05) is 0 Å². The van der Waals surface area contributed by atoms with Gasteiger partial charge in [0.1, 0.15) is 23.5 Å². The summed E-state index contributed by atoms with van der Waals surface area (Å²) in [5.41, 5.74) is 5.34. The van der Waals surface area contributed by atoms with Gasteiger partial charge in [0, 0.05) is 10.5 Å². The van der Waals surface area contributed by atoms with Crippen LogP contribution in [0, 0.1) is 0 Å². The highest BCUT2D eigenvalue weighted by Gasteiger charge is 2.64. The summed E-state index contributed by atoms with van der Waals surface area (Å²) in [5.74, 6) is -2.96. The lowest BCUT2D eigenvalue weighted by Gasteiger charge is -2.43. The molecule has 2 amide bonds. The number of nitrogens with zero attached hydrogens (tertiary/aromatic N) is 1. The van der Waals surface area contributed by atoms with Crippen molar-refractivity contribution < 1.29 is 29.4 Å². The monoisotopic (exact) mass is 377 g/mol. The molecule has 0 saturated carbocycles. The Hall–Kier alpha value is -1.46. The average Bonchev–Trinajstić information content (AvgIpc) is 2.73. The number of amides is 2. The van der Waals surface area contributed by atoms with Crippen molar-refractivity contribution in [1.29, 1.82) is 0 Å². The molecular weight excluding hydrogens is 358 g/mol. The van der Waals surface area contributed by atoms with E-state index in [0.717, 1.165) is 11.8 Å². The van der Waals surface area contributed by atoms with Crippen LogP contribution in [-0.2, 0) is 19.2 Å². The fourth-order valence-electron chi connectivity index (χ4n) is 2.71. The SMILES string of the molecule is CC1(C)S[C@@H]2[C@H](NC(=O)CSC[C@@H](N)C(=O)O)C(=O)N2[C@H]1C(=O)O. The van der Waals surface area contributed by atoms with Crippen molar-refractivity contribution in [3.8, 4) is 0 Å². The molecule has 134 valence electrons. The molecule has 0 bridgehead atoms. The van der Waals surface area contributed by atoms with Crippen molar-refractivity contribution >= 4 is 47.3 Å². The molecule has 0 radical (unpaired) electrons. The molecule has 0 aromatic carbocycles. The molecule has 0 aromatic heterocycles. The Morgan fingerprint density at radius 2 is 2.04 bits per heavy atom. The average molecular weight is 377 g/mol. The molecule has 9 nitrogen and oxygen atoms in total. The third-order valence-corrected chi connectivity index (χ3v) is 6.47. The number of rotatable bonds is 7. The van der Waals surface area contributed by atoms with Crippen LogP contribution in [0.25, 0.3) is 0 Å². The zero-order valence-electron chi connectivity index (χ0n) is 13.1. The van der Waals surface area contributed by atoms with Crippen LogP contribution in [-0.4, -0.2) is 78.6 Å². The Labute approximate surface area is 146 Å². The van der Waals surface area contributed by atoms with Crippen molar-refractivity contribution in [2.24, 2.45) is 5.73 Å². The number of hydrogen-bond acceptors (Lipinski definition) is 7. The largest absolute Gasteiger partial charge is 0.480 e. The van der Waals surface area contributed by atoms with Gasteiger partial charge in [0.2, 0.25) is 11.8 Å². The normalized spacial score (nSPS) is 28.7. The van der Waals surface area contributed by atoms with Crippen molar-refractivity contribution in [1.82, 2.24) is 10.2 Å². The first-order valence-electron chi connectivity index (χ1n) is 7.14. The van der Waals surface area contributed by atoms with Gasteiger partial charge < -0.3 is 26.2 Å². The number of β-lactam (4-membered cyclic amide) rings is 1. The van der Waals surface area contributed by atoms with E-state index in [2.05, 4.69) is 5.32 Å². The fraction of sp³-hybridized carbons (Fsp3) is 0.692. The summed E-state index contributed by atoms with van der Waals surface area (Å²) in [6.45, 7) is 3.51. The van der Waals surface area contributed by atoms with E-state index in [-0.39, 0.29) is 11.5 Å². The lowest BCUT2D eigenvalue weighted by atomic mass is 9.96. The molecule has 2 saturated heterocycles. The van der Waals surface area contributed by atoms with E-state index in [1.54, 1.807) is 13.8 Å². The molecule has 2 aliphatic heterocycles. The third-order valence-electron chi connectivity index (χ3n) is 3.84. The molecule has 11 heteroatoms. The molecular formula is C13H19N3O6S2. The molecule has 2 heterocycles. The van der Waals surface area contributed by atoms with E-state index in [4.69, 9.17) is 10.8 Å². The van der Waals surface area contributed by atoms with Gasteiger partial charge in [0.05, 0.1) is 5.75 Å². The van der Waals surface area contributed by atoms with Gasteiger partial charge in [-0.2, -0.15) is 0 Å². The highest BCUT2D eigenvalue weighted by molar-refractivity contribution is 8.01. The molecule has 2 fully saturated rings. The van der Waals surface area contributed by atoms with E-state index in [0.29, 0.717) is 0 Å². The minimum Gasteiger partial charge on any atom is -0.480 e. The second-order valence-electron chi connectivity index (χ2n) is 6.10. The Bertz CT molecular complexity index is 584. The van der Waals surface area contributed by atoms with E-state index < -0.39 is 52.0 Å². The fourth-order valence-corrected chi connectivity index (χ4v) is 5.12. The molecule has 0 aromatic rings. The summed E-state index contributed by atoms with van der Waals surface area (Å²) in [6.07, 6.45) is 0. The second-order valence-corrected chi connectivity index (χ2v) is 8.90. The number of aliphatic carboxylic acids is 2. The van der Waals surface area contributed by atoms with Gasteiger partial charge in [-0.25, -0.2) is 4.79 Å². The lowest BCUT2D eigenvalue weighted by molar-refractivity contribution is -0.160. The maximum atomic E-state index is 12.2. The van der Waals surface area contributed by atoms with Crippen LogP contribution >= 0.6 is 23.5 Å². The van der Waals surface area contributed by atoms with Crippen LogP contribution in [0.2, 0.25) is 0 Å². The summed E-state index contributed by atoms with van der Waals surface area (Å²) in [4.78, 5) is 47.3. The first-order chi connectivity index (χ1) is 11.1. The first kappa shape index (κ1) is 18.9. The quantitative estimate of drug-likeness (QED) is 0.400. The Balaban J connectivity index is 1.87. The molecule has 24 heavy (non-hydrogen) atoms. The molecule has 0 spiro atoms. The van der Waals surface area contributed by atoms with Gasteiger partial charge in [-0.05, 0) is 13.8 Å². The maximum Gasteiger partial charge on any atom is 0.327 e. The van der Waals surface area contributed by atoms with Gasteiger partial charge >= 0.3 is 11.9 Å². The van der Waals surface area contributed by atoms with E-state index in [1.165, 1.54) is 16.7 Å². The van der Waals surface area contributed by atoms with Crippen LogP contribution in [0.5, 0.6) is 0 Å². The highest BCUT2D eigenvalue weighted by Crippen LogP contribution is 2.50. The van der Waals surface area contributed by atoms with Crippen LogP contribution in [0.15, 0.2) is 0 Å². The summed E-state index contributed by atoms with van der Waals surface area (Å²) in [7, 11) is 0. The van der Waals surface area contributed by atoms with Crippen LogP contribution in [0.1, 0.15) is 13.8 Å². The lowest BCUT2D eigenvalue weighted by Crippen LogP contribution is -2.70. The van der Waals surface area contributed by atoms with Gasteiger partial charge in [-0.3, -0.25) is 14.4 Å². The molecule has 0 unspecified atom stereocenters. The summed E-state index contributed by atoms with van der Waals surface area (Å²) >= 11 is 2.41. The number of thioether (sulfide) groups is 2. The smallest absolute Gasteiger partial charge is 0.327 e. The van der Waals surface area contributed by atoms with Crippen molar-refractivity contribution in [2.75, 3.05) is 11.5 Å². The number of carbonyl (C=O) groups excluding carboxylic acids is 2. The van der Waals surface area contributed by atoms with E-state index in [9.17, 15) is 24.3 Å². The van der Waals surface area contributed by atoms with Crippen LogP contribution < -0.4 is 11.1 Å². The first-order valence-corrected chi connectivity index (χ1v) is 9.18. The number of carboxylic acid groups (broad SMARTS) is 2. The number of hydrogen-bond donors (Lipinski definition) is 4. The van der Waals surface area contributed by atoms with E-state index >= 15 is 0 Å². The molecule has 0 aliphatic carbocycles. The van der Waals surface area contributed by atoms with E-state index in [1.807, 2.05) is 0 Å². The topological polar surface area (TPSA) is 150 Å². The van der Waals surface area contributed by atoms with Gasteiger partial charge in [0.25, 0.3) is 0 Å². The predicted molar refractivity (Wildman–Crippen MR) is 88.6 cm³/mol. The van der Waals surface area contributed by atoms with Crippen LogP contribution in [0.3, 0.4) is 0 Å². The molecule has 2 aliphatic rings. The number of nitrogens with one attached hydrogen (secondary N) is 1. The van der Waals surface area contributed by atoms with Gasteiger partial charge in [-0.15, -0.1) is 23.5 Å². The summed E-state index contributed by atoms with van der Waals surface area (Å²) in [5, 5.41) is 20.2. The molecule has 4 atom stereocenters. The molecule has 5 N–H and O–H groups in total. The zero-order valence-corrected chi connectivity index (χ0v) is 14.7. The Kier molecular flexibility index (Phi) is 5.35. The molecule has 2 rings (SSSR count). The van der Waals surface area contributed by atoms with Crippen LogP contribution in [0.4, 0.5) is 0 Å². The van der Waals surface area contributed by atoms with Crippen molar-refractivity contribution in [3.63, 3.8) is 0 Å². The standard InChI is InChI=1S/C13H19N3O6S2/c1-13(2)8(12(21)22)16-9(18)7(10(16)24-13)15-6(17)4-23-3-5(14)11(19)20/h5,7-8,10H,3-4,14H2,1-2H3,(H,15,17)(H,19,20)(H,21,22)/t5-,7-,8+,10-/m1/s1. The summed E-state index contributed by atoms with van der Waals surface area (Å²) < 4.78 is -0.644. The minimum atomic E-state index is -1.14. The van der Waals surface area contributed by atoms with Gasteiger partial charge in [0.15, 0.2) is 0 Å². The number of fused-ring (bicyclic) bond motifs is 1. The third kappa shape index (κ3) is 3.47. The Morgan fingerprint density at radius 3 is 2.58 bits per heavy atom. The van der Waals surface area contributed by atoms with Crippen molar-refractivity contribution in [3.05, 3.63) is 0 Å². The number of carbonyl (C=O) groups is 4.